The third-order valence-electron chi connectivity index (χ3n) is 5.90. The number of carbonyl (C=O) groups is 1. The molecule has 2 aromatic carbocycles. The lowest BCUT2D eigenvalue weighted by Crippen LogP contribution is -2.39. The van der Waals surface area contributed by atoms with Crippen molar-refractivity contribution in [1.82, 2.24) is 18.8 Å². The van der Waals surface area contributed by atoms with Crippen molar-refractivity contribution in [1.29, 1.82) is 0 Å². The number of rotatable bonds is 5. The van der Waals surface area contributed by atoms with Gasteiger partial charge in [-0.25, -0.2) is 18.4 Å². The first kappa shape index (κ1) is 20.5. The molecular formula is C24H22N4O3S. The zero-order valence-corrected chi connectivity index (χ0v) is 18.1. The Bertz CT molecular complexity index is 1370. The van der Waals surface area contributed by atoms with Crippen LogP contribution in [-0.4, -0.2) is 46.6 Å². The van der Waals surface area contributed by atoms with Crippen LogP contribution < -0.4 is 0 Å². The predicted octanol–water partition coefficient (Wildman–Crippen LogP) is 3.94. The molecule has 0 N–H and O–H groups in total. The summed E-state index contributed by atoms with van der Waals surface area (Å²) in [6.07, 6.45) is 3.71. The fraction of sp³-hybridized carbons (Fsp3) is 0.208. The molecule has 7 nitrogen and oxygen atoms in total. The van der Waals surface area contributed by atoms with E-state index in [9.17, 15) is 13.2 Å². The molecule has 1 fully saturated rings. The summed E-state index contributed by atoms with van der Waals surface area (Å²) in [6.45, 7) is 0.776. The number of nitrogens with zero attached hydrogens (tertiary/aromatic N) is 4. The van der Waals surface area contributed by atoms with E-state index in [1.165, 1.54) is 16.4 Å². The summed E-state index contributed by atoms with van der Waals surface area (Å²) in [6, 6.07) is 20.0. The second kappa shape index (κ2) is 8.29. The molecule has 162 valence electrons. The standard InChI is InChI=1S/C24H22N4O3S/c29-17-18-6-4-9-21(16-18)32(30,31)27-14-11-20(12-15-27)28-23(19-7-2-1-3-8-19)26-22-10-5-13-25-24(22)28/h1-10,13,16-17,20H,11-12,14-15H2. The number of imidazole rings is 1. The molecule has 1 aliphatic rings. The van der Waals surface area contributed by atoms with Crippen molar-refractivity contribution < 1.29 is 13.2 Å². The van der Waals surface area contributed by atoms with E-state index < -0.39 is 10.0 Å². The Hall–Kier alpha value is -3.36. The summed E-state index contributed by atoms with van der Waals surface area (Å²) < 4.78 is 29.9. The largest absolute Gasteiger partial charge is 0.305 e. The van der Waals surface area contributed by atoms with Crippen LogP contribution in [-0.2, 0) is 10.0 Å². The van der Waals surface area contributed by atoms with Crippen molar-refractivity contribution in [3.8, 4) is 11.4 Å². The van der Waals surface area contributed by atoms with E-state index in [1.54, 1.807) is 18.3 Å². The van der Waals surface area contributed by atoms with Gasteiger partial charge in [0.2, 0.25) is 10.0 Å². The Morgan fingerprint density at radius 3 is 2.47 bits per heavy atom. The van der Waals surface area contributed by atoms with Gasteiger partial charge in [-0.1, -0.05) is 42.5 Å². The molecule has 2 aromatic heterocycles. The van der Waals surface area contributed by atoms with Gasteiger partial charge in [0.25, 0.3) is 0 Å². The average Bonchev–Trinajstić information content (AvgIpc) is 3.24. The molecule has 5 rings (SSSR count). The number of hydrogen-bond donors (Lipinski definition) is 0. The zero-order chi connectivity index (χ0) is 22.1. The number of carbonyl (C=O) groups excluding carboxylic acids is 1. The Labute approximate surface area is 186 Å². The SMILES string of the molecule is O=Cc1cccc(S(=O)(=O)N2CCC(n3c(-c4ccccc4)nc4cccnc43)CC2)c1. The molecule has 0 spiro atoms. The van der Waals surface area contributed by atoms with Crippen LogP contribution in [0, 0.1) is 0 Å². The minimum atomic E-state index is -3.66. The summed E-state index contributed by atoms with van der Waals surface area (Å²) in [5.41, 5.74) is 2.99. The number of benzene rings is 2. The lowest BCUT2D eigenvalue weighted by atomic mass is 10.1. The first-order valence-electron chi connectivity index (χ1n) is 10.5. The van der Waals surface area contributed by atoms with Crippen molar-refractivity contribution in [3.63, 3.8) is 0 Å². The Kier molecular flexibility index (Phi) is 5.32. The van der Waals surface area contributed by atoms with E-state index in [4.69, 9.17) is 4.98 Å². The molecule has 0 saturated carbocycles. The van der Waals surface area contributed by atoms with Gasteiger partial charge < -0.3 is 4.57 Å². The predicted molar refractivity (Wildman–Crippen MR) is 122 cm³/mol. The van der Waals surface area contributed by atoms with Gasteiger partial charge in [-0.3, -0.25) is 4.79 Å². The number of piperidine rings is 1. The number of pyridine rings is 1. The van der Waals surface area contributed by atoms with Crippen molar-refractivity contribution in [2.24, 2.45) is 0 Å². The van der Waals surface area contributed by atoms with Crippen LogP contribution in [0.5, 0.6) is 0 Å². The third-order valence-corrected chi connectivity index (χ3v) is 7.80. The highest BCUT2D eigenvalue weighted by Crippen LogP contribution is 2.34. The highest BCUT2D eigenvalue weighted by Gasteiger charge is 2.32. The summed E-state index contributed by atoms with van der Waals surface area (Å²) in [7, 11) is -3.66. The van der Waals surface area contributed by atoms with Gasteiger partial charge in [0.1, 0.15) is 17.6 Å². The topological polar surface area (TPSA) is 85.2 Å². The highest BCUT2D eigenvalue weighted by molar-refractivity contribution is 7.89. The fourth-order valence-corrected chi connectivity index (χ4v) is 5.83. The molecule has 0 radical (unpaired) electrons. The maximum atomic E-state index is 13.1. The van der Waals surface area contributed by atoms with Crippen LogP contribution in [0.2, 0.25) is 0 Å². The monoisotopic (exact) mass is 446 g/mol. The molecule has 0 bridgehead atoms. The van der Waals surface area contributed by atoms with Crippen LogP contribution >= 0.6 is 0 Å². The number of sulfonamides is 1. The molecule has 0 atom stereocenters. The van der Waals surface area contributed by atoms with Gasteiger partial charge in [0.05, 0.1) is 4.90 Å². The zero-order valence-electron chi connectivity index (χ0n) is 17.3. The van der Waals surface area contributed by atoms with Crippen molar-refractivity contribution in [2.45, 2.75) is 23.8 Å². The Morgan fingerprint density at radius 2 is 1.72 bits per heavy atom. The van der Waals surface area contributed by atoms with Crippen molar-refractivity contribution in [3.05, 3.63) is 78.5 Å². The molecular weight excluding hydrogens is 424 g/mol. The molecule has 0 amide bonds. The fourth-order valence-electron chi connectivity index (χ4n) is 4.30. The van der Waals surface area contributed by atoms with Crippen molar-refractivity contribution >= 4 is 27.5 Å². The third kappa shape index (κ3) is 3.61. The van der Waals surface area contributed by atoms with Gasteiger partial charge in [-0.05, 0) is 37.1 Å². The molecule has 8 heteroatoms. The van der Waals surface area contributed by atoms with E-state index in [0.29, 0.717) is 37.8 Å². The van der Waals surface area contributed by atoms with E-state index in [1.807, 2.05) is 42.5 Å². The minimum Gasteiger partial charge on any atom is -0.305 e. The molecule has 32 heavy (non-hydrogen) atoms. The van der Waals surface area contributed by atoms with Crippen LogP contribution in [0.15, 0.2) is 77.8 Å². The lowest BCUT2D eigenvalue weighted by molar-refractivity contribution is 0.112. The minimum absolute atomic E-state index is 0.0814. The van der Waals surface area contributed by atoms with Crippen LogP contribution in [0.1, 0.15) is 29.2 Å². The second-order valence-corrected chi connectivity index (χ2v) is 9.78. The van der Waals surface area contributed by atoms with Gasteiger partial charge >= 0.3 is 0 Å². The summed E-state index contributed by atoms with van der Waals surface area (Å²) in [4.78, 5) is 20.6. The van der Waals surface area contributed by atoms with Crippen LogP contribution in [0.3, 0.4) is 0 Å². The van der Waals surface area contributed by atoms with Crippen LogP contribution in [0.4, 0.5) is 0 Å². The molecule has 3 heterocycles. The van der Waals surface area contributed by atoms with Crippen LogP contribution in [0.25, 0.3) is 22.6 Å². The van der Waals surface area contributed by atoms with E-state index in [-0.39, 0.29) is 10.9 Å². The normalized spacial score (nSPS) is 15.8. The summed E-state index contributed by atoms with van der Waals surface area (Å²) >= 11 is 0. The Morgan fingerprint density at radius 1 is 0.938 bits per heavy atom. The highest BCUT2D eigenvalue weighted by atomic mass is 32.2. The lowest BCUT2D eigenvalue weighted by Gasteiger charge is -2.32. The molecule has 0 unspecified atom stereocenters. The van der Waals surface area contributed by atoms with Gasteiger partial charge in [-0.15, -0.1) is 0 Å². The van der Waals surface area contributed by atoms with Gasteiger partial charge in [0.15, 0.2) is 5.65 Å². The smallest absolute Gasteiger partial charge is 0.243 e. The maximum absolute atomic E-state index is 13.1. The average molecular weight is 447 g/mol. The maximum Gasteiger partial charge on any atom is 0.243 e. The number of hydrogen-bond acceptors (Lipinski definition) is 5. The van der Waals surface area contributed by atoms with E-state index in [2.05, 4.69) is 9.55 Å². The molecule has 1 aliphatic heterocycles. The van der Waals surface area contributed by atoms with E-state index >= 15 is 0 Å². The van der Waals surface area contributed by atoms with E-state index in [0.717, 1.165) is 22.6 Å². The van der Waals surface area contributed by atoms with Gasteiger partial charge in [-0.2, -0.15) is 4.31 Å². The summed E-state index contributed by atoms with van der Waals surface area (Å²) in [5.74, 6) is 0.847. The number of aromatic nitrogens is 3. The number of fused-ring (bicyclic) bond motifs is 1. The first-order chi connectivity index (χ1) is 15.6. The molecule has 4 aromatic rings. The number of aldehydes is 1. The Balaban J connectivity index is 1.45. The molecule has 0 aliphatic carbocycles. The quantitative estimate of drug-likeness (QED) is 0.434. The summed E-state index contributed by atoms with van der Waals surface area (Å²) in [5, 5.41) is 0. The van der Waals surface area contributed by atoms with Gasteiger partial charge in [0, 0.05) is 36.5 Å². The van der Waals surface area contributed by atoms with Crippen molar-refractivity contribution in [2.75, 3.05) is 13.1 Å². The first-order valence-corrected chi connectivity index (χ1v) is 12.0. The second-order valence-electron chi connectivity index (χ2n) is 7.84. The molecule has 1 saturated heterocycles.